The molecule has 298 valence electrons. The van der Waals surface area contributed by atoms with Gasteiger partial charge in [-0.1, -0.05) is 12.0 Å². The highest BCUT2D eigenvalue weighted by Gasteiger charge is 2.45. The second kappa shape index (κ2) is 15.8. The predicted octanol–water partition coefficient (Wildman–Crippen LogP) is 6.12. The number of hydrogen-bond donors (Lipinski definition) is 1. The van der Waals surface area contributed by atoms with Crippen molar-refractivity contribution in [1.82, 2.24) is 24.8 Å². The summed E-state index contributed by atoms with van der Waals surface area (Å²) in [5, 5.41) is 12.4. The standard InChI is InChI=1S/C41H48F2N6O7/c1-7-28-30(42)10-9-26-19-27(55-24-52-6)20-29(31(26)28)34-33(43)35-32(37(50)44-34)36(49-15-14-48(21-25(49)2)39(51)56-40(3,4)5)46-38(45-35)54-23-41(11-12-41)22-47-13-8-17-53-18-16-47/h1,9-10,19-20,25H,8,11-18,21-24H2,2-6H3,(H,44,50)/t25-/m1/s1. The first-order chi connectivity index (χ1) is 26.8. The van der Waals surface area contributed by atoms with Crippen LogP contribution >= 0.6 is 0 Å². The molecule has 13 nitrogen and oxygen atoms in total. The predicted molar refractivity (Wildman–Crippen MR) is 206 cm³/mol. The first kappa shape index (κ1) is 39.2. The zero-order chi connectivity index (χ0) is 39.8. The zero-order valence-corrected chi connectivity index (χ0v) is 32.5. The molecule has 15 heteroatoms. The van der Waals surface area contributed by atoms with Gasteiger partial charge in [0.15, 0.2) is 12.6 Å². The largest absolute Gasteiger partial charge is 0.493 e. The second-order valence-corrected chi connectivity index (χ2v) is 15.8. The Balaban J connectivity index is 1.33. The van der Waals surface area contributed by atoms with Crippen LogP contribution in [0.4, 0.5) is 19.4 Å². The van der Waals surface area contributed by atoms with E-state index in [-0.39, 0.29) is 88.6 Å². The van der Waals surface area contributed by atoms with Gasteiger partial charge in [0.25, 0.3) is 0 Å². The minimum Gasteiger partial charge on any atom is -0.493 e. The van der Waals surface area contributed by atoms with Crippen LogP contribution in [0, 0.1) is 29.4 Å². The van der Waals surface area contributed by atoms with E-state index in [1.54, 1.807) is 31.7 Å². The molecule has 2 aromatic carbocycles. The first-order valence-corrected chi connectivity index (χ1v) is 18.9. The van der Waals surface area contributed by atoms with Crippen molar-refractivity contribution in [2.45, 2.75) is 58.6 Å². The Morgan fingerprint density at radius 2 is 1.88 bits per heavy atom. The summed E-state index contributed by atoms with van der Waals surface area (Å²) in [6.45, 7) is 12.4. The fourth-order valence-corrected chi connectivity index (χ4v) is 7.46. The van der Waals surface area contributed by atoms with Gasteiger partial charge in [-0.15, -0.1) is 6.42 Å². The van der Waals surface area contributed by atoms with E-state index in [9.17, 15) is 9.90 Å². The fraction of sp³-hybridized carbons (Fsp3) is 0.512. The molecule has 1 atom stereocenters. The maximum Gasteiger partial charge on any atom is 0.410 e. The molecule has 56 heavy (non-hydrogen) atoms. The lowest BCUT2D eigenvalue weighted by Crippen LogP contribution is -2.55. The molecular weight excluding hydrogens is 726 g/mol. The van der Waals surface area contributed by atoms with Gasteiger partial charge < -0.3 is 43.5 Å². The third kappa shape index (κ3) is 8.23. The van der Waals surface area contributed by atoms with E-state index in [1.165, 1.54) is 25.3 Å². The highest BCUT2D eigenvalue weighted by Crippen LogP contribution is 2.47. The van der Waals surface area contributed by atoms with Gasteiger partial charge in [-0.3, -0.25) is 0 Å². The van der Waals surface area contributed by atoms with Crippen LogP contribution in [0.25, 0.3) is 32.9 Å². The highest BCUT2D eigenvalue weighted by atomic mass is 19.1. The van der Waals surface area contributed by atoms with Crippen molar-refractivity contribution in [3.8, 4) is 41.2 Å². The van der Waals surface area contributed by atoms with E-state index in [0.717, 1.165) is 45.5 Å². The van der Waals surface area contributed by atoms with Gasteiger partial charge in [-0.05, 0) is 70.5 Å². The molecular formula is C41H48F2N6O7. The van der Waals surface area contributed by atoms with Crippen LogP contribution in [-0.2, 0) is 14.2 Å². The van der Waals surface area contributed by atoms with Gasteiger partial charge in [-0.25, -0.2) is 18.6 Å². The lowest BCUT2D eigenvalue weighted by Gasteiger charge is -2.41. The minimum absolute atomic E-state index is 0.0404. The molecule has 3 aliphatic rings. The third-order valence-electron chi connectivity index (χ3n) is 10.4. The van der Waals surface area contributed by atoms with E-state index in [1.807, 2.05) is 11.8 Å². The molecule has 2 aliphatic heterocycles. The van der Waals surface area contributed by atoms with Crippen LogP contribution in [0.1, 0.15) is 52.5 Å². The van der Waals surface area contributed by atoms with Crippen LogP contribution in [0.3, 0.4) is 0 Å². The normalized spacial score (nSPS) is 18.8. The van der Waals surface area contributed by atoms with Crippen molar-refractivity contribution in [2.24, 2.45) is 5.41 Å². The van der Waals surface area contributed by atoms with E-state index < -0.39 is 29.2 Å². The van der Waals surface area contributed by atoms with Crippen LogP contribution in [0.2, 0.25) is 0 Å². The Morgan fingerprint density at radius 3 is 2.59 bits per heavy atom. The van der Waals surface area contributed by atoms with Gasteiger partial charge in [0, 0.05) is 75.4 Å². The number of carbonyl (C=O) groups is 1. The average molecular weight is 775 g/mol. The molecule has 2 saturated heterocycles. The zero-order valence-electron chi connectivity index (χ0n) is 32.5. The fourth-order valence-electron chi connectivity index (χ4n) is 7.46. The summed E-state index contributed by atoms with van der Waals surface area (Å²) in [6.07, 6.45) is 8.21. The summed E-state index contributed by atoms with van der Waals surface area (Å²) >= 11 is 0. The Labute approximate surface area is 324 Å². The number of aromatic hydroxyl groups is 1. The van der Waals surface area contributed by atoms with Crippen molar-refractivity contribution in [2.75, 3.05) is 77.9 Å². The monoisotopic (exact) mass is 774 g/mol. The summed E-state index contributed by atoms with van der Waals surface area (Å²) in [6, 6.07) is 5.42. The number of halogens is 2. The SMILES string of the molecule is C#Cc1c(F)ccc2cc(OCOC)cc(-c3nc(O)c4c(N5CCN(C(=O)OC(C)(C)C)C[C@H]5C)nc(OCC5(CN6CCCOCC6)CC5)nc4c3F)c12. The Bertz CT molecular complexity index is 2160. The Morgan fingerprint density at radius 1 is 1.07 bits per heavy atom. The molecule has 1 N–H and O–H groups in total. The number of carbonyl (C=O) groups excluding carboxylic acids is 1. The van der Waals surface area contributed by atoms with Gasteiger partial charge in [0.2, 0.25) is 5.88 Å². The molecule has 0 unspecified atom stereocenters. The van der Waals surface area contributed by atoms with E-state index in [4.69, 9.17) is 35.1 Å². The molecule has 4 heterocycles. The topological polar surface area (TPSA) is 132 Å². The number of ether oxygens (including phenoxy) is 5. The van der Waals surface area contributed by atoms with Crippen molar-refractivity contribution >= 4 is 33.6 Å². The number of benzene rings is 2. The quantitative estimate of drug-likeness (QED) is 0.147. The number of fused-ring (bicyclic) bond motifs is 2. The van der Waals surface area contributed by atoms with Crippen LogP contribution < -0.4 is 14.4 Å². The van der Waals surface area contributed by atoms with Gasteiger partial charge >= 0.3 is 12.1 Å². The van der Waals surface area contributed by atoms with Crippen LogP contribution in [0.5, 0.6) is 17.6 Å². The molecule has 1 saturated carbocycles. The van der Waals surface area contributed by atoms with Crippen LogP contribution in [0.15, 0.2) is 24.3 Å². The molecule has 4 aromatic rings. The van der Waals surface area contributed by atoms with E-state index >= 15 is 8.78 Å². The summed E-state index contributed by atoms with van der Waals surface area (Å²) in [5.41, 5.74) is -1.39. The smallest absolute Gasteiger partial charge is 0.410 e. The Hall–Kier alpha value is -5.04. The van der Waals surface area contributed by atoms with E-state index in [0.29, 0.717) is 18.6 Å². The summed E-state index contributed by atoms with van der Waals surface area (Å²) in [7, 11) is 1.46. The van der Waals surface area contributed by atoms with Gasteiger partial charge in [0.1, 0.15) is 39.6 Å². The summed E-state index contributed by atoms with van der Waals surface area (Å²) in [5.74, 6) is 0.716. The van der Waals surface area contributed by atoms with Gasteiger partial charge in [0.05, 0.1) is 18.8 Å². The number of piperazine rings is 1. The summed E-state index contributed by atoms with van der Waals surface area (Å²) in [4.78, 5) is 32.6. The maximum atomic E-state index is 17.3. The van der Waals surface area contributed by atoms with Crippen molar-refractivity contribution < 1.29 is 42.4 Å². The van der Waals surface area contributed by atoms with Crippen molar-refractivity contribution in [3.05, 3.63) is 41.5 Å². The Kier molecular flexibility index (Phi) is 11.1. The number of rotatable bonds is 10. The molecule has 1 amide bonds. The molecule has 0 radical (unpaired) electrons. The minimum atomic E-state index is -0.908. The third-order valence-corrected chi connectivity index (χ3v) is 10.4. The average Bonchev–Trinajstić information content (AvgIpc) is 3.98. The number of methoxy groups -OCH3 is 1. The van der Waals surface area contributed by atoms with Gasteiger partial charge in [-0.2, -0.15) is 9.97 Å². The molecule has 2 aromatic heterocycles. The number of amides is 1. The number of terminal acetylenes is 1. The number of aromatic nitrogens is 3. The number of pyridine rings is 1. The lowest BCUT2D eigenvalue weighted by molar-refractivity contribution is 0.0218. The molecule has 0 spiro atoms. The van der Waals surface area contributed by atoms with Crippen molar-refractivity contribution in [3.63, 3.8) is 0 Å². The lowest BCUT2D eigenvalue weighted by atomic mass is 9.95. The van der Waals surface area contributed by atoms with Crippen LogP contribution in [-0.4, -0.2) is 121 Å². The molecule has 1 aliphatic carbocycles. The highest BCUT2D eigenvalue weighted by molar-refractivity contribution is 6.04. The number of anilines is 1. The molecule has 0 bridgehead atoms. The second-order valence-electron chi connectivity index (χ2n) is 15.8. The summed E-state index contributed by atoms with van der Waals surface area (Å²) < 4.78 is 60.9. The molecule has 7 rings (SSSR count). The first-order valence-electron chi connectivity index (χ1n) is 18.9. The van der Waals surface area contributed by atoms with E-state index in [2.05, 4.69) is 20.8 Å². The molecule has 3 fully saturated rings. The maximum absolute atomic E-state index is 17.3. The number of nitrogens with zero attached hydrogens (tertiary/aromatic N) is 6. The van der Waals surface area contributed by atoms with Crippen molar-refractivity contribution in [1.29, 1.82) is 0 Å². The number of hydrogen-bond acceptors (Lipinski definition) is 12.